The molecule has 0 saturated carbocycles. The molecule has 1 aliphatic heterocycles. The first-order chi connectivity index (χ1) is 12.1. The van der Waals surface area contributed by atoms with Crippen LogP contribution in [0.1, 0.15) is 21.7 Å². The summed E-state index contributed by atoms with van der Waals surface area (Å²) in [5, 5.41) is 4.73. The lowest BCUT2D eigenvalue weighted by Crippen LogP contribution is -2.49. The van der Waals surface area contributed by atoms with Crippen molar-refractivity contribution >= 4 is 29.0 Å². The summed E-state index contributed by atoms with van der Waals surface area (Å²) in [6.07, 6.45) is 2.12. The first-order valence-electron chi connectivity index (χ1n) is 8.41. The Hall–Kier alpha value is -2.41. The van der Waals surface area contributed by atoms with Crippen LogP contribution in [0, 0.1) is 6.92 Å². The molecule has 0 aromatic carbocycles. The Morgan fingerprint density at radius 3 is 2.64 bits per heavy atom. The SMILES string of the molecule is Cc1ccsc1C(=O)NCCC(=O)N1CCN(c2ccccn2)CC1. The Bertz CT molecular complexity index is 724. The number of pyridine rings is 1. The number of rotatable bonds is 5. The van der Waals surface area contributed by atoms with E-state index in [4.69, 9.17) is 0 Å². The normalized spacial score (nSPS) is 14.4. The van der Waals surface area contributed by atoms with E-state index in [9.17, 15) is 9.59 Å². The third kappa shape index (κ3) is 4.36. The quantitative estimate of drug-likeness (QED) is 0.887. The second kappa shape index (κ2) is 8.11. The molecule has 0 atom stereocenters. The number of aromatic nitrogens is 1. The van der Waals surface area contributed by atoms with Crippen LogP contribution in [0.3, 0.4) is 0 Å². The van der Waals surface area contributed by atoms with Gasteiger partial charge in [-0.05, 0) is 36.1 Å². The van der Waals surface area contributed by atoms with E-state index >= 15 is 0 Å². The van der Waals surface area contributed by atoms with Crippen LogP contribution in [0.25, 0.3) is 0 Å². The smallest absolute Gasteiger partial charge is 0.261 e. The van der Waals surface area contributed by atoms with Crippen LogP contribution in [-0.4, -0.2) is 54.4 Å². The topological polar surface area (TPSA) is 65.5 Å². The third-order valence-electron chi connectivity index (χ3n) is 4.30. The average molecular weight is 358 g/mol. The summed E-state index contributed by atoms with van der Waals surface area (Å²) >= 11 is 1.42. The maximum absolute atomic E-state index is 12.3. The fourth-order valence-corrected chi connectivity index (χ4v) is 3.69. The maximum atomic E-state index is 12.3. The van der Waals surface area contributed by atoms with E-state index in [1.54, 1.807) is 6.20 Å². The van der Waals surface area contributed by atoms with Gasteiger partial charge in [0.2, 0.25) is 5.91 Å². The zero-order chi connectivity index (χ0) is 17.6. The lowest BCUT2D eigenvalue weighted by Gasteiger charge is -2.35. The minimum atomic E-state index is -0.0970. The molecule has 0 radical (unpaired) electrons. The second-order valence-electron chi connectivity index (χ2n) is 5.99. The molecule has 0 spiro atoms. The molecule has 6 nitrogen and oxygen atoms in total. The lowest BCUT2D eigenvalue weighted by molar-refractivity contribution is -0.131. The molecule has 2 aromatic rings. The van der Waals surface area contributed by atoms with E-state index in [1.165, 1.54) is 11.3 Å². The zero-order valence-electron chi connectivity index (χ0n) is 14.3. The molecule has 0 bridgehead atoms. The molecule has 0 aliphatic carbocycles. The Morgan fingerprint density at radius 2 is 2.00 bits per heavy atom. The maximum Gasteiger partial charge on any atom is 0.261 e. The van der Waals surface area contributed by atoms with Crippen LogP contribution in [0.4, 0.5) is 5.82 Å². The minimum Gasteiger partial charge on any atom is -0.353 e. The van der Waals surface area contributed by atoms with Crippen molar-refractivity contribution in [3.8, 4) is 0 Å². The van der Waals surface area contributed by atoms with Gasteiger partial charge in [-0.15, -0.1) is 11.3 Å². The number of nitrogens with one attached hydrogen (secondary N) is 1. The standard InChI is InChI=1S/C18H22N4O2S/c1-14-6-13-25-17(14)18(24)20-8-5-16(23)22-11-9-21(10-12-22)15-4-2-3-7-19-15/h2-4,6-7,13H,5,8-12H2,1H3,(H,20,24). The molecule has 2 amide bonds. The number of piperazine rings is 1. The van der Waals surface area contributed by atoms with Gasteiger partial charge in [-0.2, -0.15) is 0 Å². The van der Waals surface area contributed by atoms with Crippen molar-refractivity contribution in [2.24, 2.45) is 0 Å². The molecule has 0 unspecified atom stereocenters. The summed E-state index contributed by atoms with van der Waals surface area (Å²) in [5.74, 6) is 0.942. The molecule has 7 heteroatoms. The van der Waals surface area contributed by atoms with E-state index < -0.39 is 0 Å². The fraction of sp³-hybridized carbons (Fsp3) is 0.389. The van der Waals surface area contributed by atoms with E-state index in [-0.39, 0.29) is 11.8 Å². The van der Waals surface area contributed by atoms with Crippen molar-refractivity contribution in [3.63, 3.8) is 0 Å². The van der Waals surface area contributed by atoms with Crippen LogP contribution in [0.2, 0.25) is 0 Å². The van der Waals surface area contributed by atoms with Crippen LogP contribution >= 0.6 is 11.3 Å². The van der Waals surface area contributed by atoms with Crippen LogP contribution in [-0.2, 0) is 4.79 Å². The average Bonchev–Trinajstić information content (AvgIpc) is 3.08. The number of nitrogens with zero attached hydrogens (tertiary/aromatic N) is 3. The summed E-state index contributed by atoms with van der Waals surface area (Å²) in [6.45, 7) is 5.22. The number of aryl methyl sites for hydroxylation is 1. The second-order valence-corrected chi connectivity index (χ2v) is 6.91. The number of anilines is 1. The van der Waals surface area contributed by atoms with Crippen LogP contribution in [0.5, 0.6) is 0 Å². The predicted molar refractivity (Wildman–Crippen MR) is 99.0 cm³/mol. The Labute approximate surface area is 151 Å². The Kier molecular flexibility index (Phi) is 5.65. The Morgan fingerprint density at radius 1 is 1.20 bits per heavy atom. The van der Waals surface area contributed by atoms with Gasteiger partial charge in [-0.1, -0.05) is 6.07 Å². The van der Waals surface area contributed by atoms with Crippen LogP contribution < -0.4 is 10.2 Å². The molecule has 1 N–H and O–H groups in total. The van der Waals surface area contributed by atoms with Gasteiger partial charge in [0.05, 0.1) is 4.88 Å². The molecule has 3 heterocycles. The van der Waals surface area contributed by atoms with Crippen molar-refractivity contribution < 1.29 is 9.59 Å². The molecule has 1 saturated heterocycles. The van der Waals surface area contributed by atoms with E-state index in [2.05, 4.69) is 15.2 Å². The highest BCUT2D eigenvalue weighted by molar-refractivity contribution is 7.12. The molecule has 1 fully saturated rings. The van der Waals surface area contributed by atoms with Crippen molar-refractivity contribution in [2.75, 3.05) is 37.6 Å². The number of amides is 2. The lowest BCUT2D eigenvalue weighted by atomic mass is 10.2. The van der Waals surface area contributed by atoms with Gasteiger partial charge in [0, 0.05) is 45.3 Å². The number of thiophene rings is 1. The van der Waals surface area contributed by atoms with Gasteiger partial charge in [0.15, 0.2) is 0 Å². The van der Waals surface area contributed by atoms with Crippen LogP contribution in [0.15, 0.2) is 35.8 Å². The predicted octanol–water partition coefficient (Wildman–Crippen LogP) is 1.92. The first-order valence-corrected chi connectivity index (χ1v) is 9.29. The molecular formula is C18H22N4O2S. The molecular weight excluding hydrogens is 336 g/mol. The highest BCUT2D eigenvalue weighted by atomic mass is 32.1. The first kappa shape index (κ1) is 17.4. The highest BCUT2D eigenvalue weighted by Gasteiger charge is 2.21. The zero-order valence-corrected chi connectivity index (χ0v) is 15.1. The number of carbonyl (C=O) groups is 2. The number of hydrogen-bond donors (Lipinski definition) is 1. The molecule has 3 rings (SSSR count). The van der Waals surface area contributed by atoms with E-state index in [0.29, 0.717) is 26.1 Å². The summed E-state index contributed by atoms with van der Waals surface area (Å²) in [4.78, 5) is 33.5. The highest BCUT2D eigenvalue weighted by Crippen LogP contribution is 2.15. The summed E-state index contributed by atoms with van der Waals surface area (Å²) in [7, 11) is 0. The van der Waals surface area contributed by atoms with Gasteiger partial charge < -0.3 is 15.1 Å². The summed E-state index contributed by atoms with van der Waals surface area (Å²) < 4.78 is 0. The fourth-order valence-electron chi connectivity index (χ4n) is 2.85. The van der Waals surface area contributed by atoms with Crippen molar-refractivity contribution in [2.45, 2.75) is 13.3 Å². The third-order valence-corrected chi connectivity index (χ3v) is 5.31. The van der Waals surface area contributed by atoms with Crippen molar-refractivity contribution in [3.05, 3.63) is 46.3 Å². The summed E-state index contributed by atoms with van der Waals surface area (Å²) in [5.41, 5.74) is 0.972. The van der Waals surface area contributed by atoms with Gasteiger partial charge in [0.25, 0.3) is 5.91 Å². The largest absolute Gasteiger partial charge is 0.353 e. The van der Waals surface area contributed by atoms with Gasteiger partial charge in [-0.3, -0.25) is 9.59 Å². The van der Waals surface area contributed by atoms with E-state index in [0.717, 1.165) is 29.3 Å². The number of hydrogen-bond acceptors (Lipinski definition) is 5. The van der Waals surface area contributed by atoms with E-state index in [1.807, 2.05) is 41.5 Å². The molecule has 1 aliphatic rings. The van der Waals surface area contributed by atoms with Crippen molar-refractivity contribution in [1.29, 1.82) is 0 Å². The molecule has 2 aromatic heterocycles. The molecule has 25 heavy (non-hydrogen) atoms. The van der Waals surface area contributed by atoms with Gasteiger partial charge in [-0.25, -0.2) is 4.98 Å². The van der Waals surface area contributed by atoms with Gasteiger partial charge >= 0.3 is 0 Å². The monoisotopic (exact) mass is 358 g/mol. The molecule has 132 valence electrons. The van der Waals surface area contributed by atoms with Crippen molar-refractivity contribution in [1.82, 2.24) is 15.2 Å². The Balaban J connectivity index is 1.41. The van der Waals surface area contributed by atoms with Gasteiger partial charge in [0.1, 0.15) is 5.82 Å². The number of carbonyl (C=O) groups excluding carboxylic acids is 2. The minimum absolute atomic E-state index is 0.0869. The summed E-state index contributed by atoms with van der Waals surface area (Å²) in [6, 6.07) is 7.78.